The Labute approximate surface area is 68.1 Å². The normalized spacial score (nSPS) is 15.2. The Hall–Kier alpha value is -0.350. The molecule has 4 heteroatoms. The van der Waals surface area contributed by atoms with Crippen molar-refractivity contribution in [3.8, 4) is 0 Å². The van der Waals surface area contributed by atoms with Crippen molar-refractivity contribution in [3.63, 3.8) is 0 Å². The highest BCUT2D eigenvalue weighted by Crippen LogP contribution is 2.27. The van der Waals surface area contributed by atoms with E-state index >= 15 is 0 Å². The van der Waals surface area contributed by atoms with E-state index in [1.807, 2.05) is 11.8 Å². The molecule has 0 radical (unpaired) electrons. The van der Waals surface area contributed by atoms with Crippen molar-refractivity contribution in [1.29, 1.82) is 0 Å². The summed E-state index contributed by atoms with van der Waals surface area (Å²) in [4.78, 5) is 7.09. The molecule has 0 fully saturated rings. The van der Waals surface area contributed by atoms with Crippen LogP contribution in [0.4, 0.5) is 0 Å². The molecule has 0 spiro atoms. The number of fused-ring (bicyclic) bond motifs is 1. The number of H-pyrrole nitrogens is 1. The Morgan fingerprint density at radius 1 is 1.60 bits per heavy atom. The number of thioether (sulfide) groups is 1. The summed E-state index contributed by atoms with van der Waals surface area (Å²) in [5.41, 5.74) is 2.48. The van der Waals surface area contributed by atoms with Gasteiger partial charge in [0.05, 0.1) is 6.33 Å². The van der Waals surface area contributed by atoms with Gasteiger partial charge >= 0.3 is 0 Å². The maximum Gasteiger partial charge on any atom is 0.133 e. The number of hydrogen-bond acceptors (Lipinski definition) is 3. The van der Waals surface area contributed by atoms with E-state index < -0.39 is 0 Å². The van der Waals surface area contributed by atoms with Crippen molar-refractivity contribution in [2.75, 3.05) is 0 Å². The molecule has 0 saturated heterocycles. The lowest BCUT2D eigenvalue weighted by Crippen LogP contribution is -1.89. The fourth-order valence-electron chi connectivity index (χ4n) is 0.996. The highest BCUT2D eigenvalue weighted by atomic mass is 32.2. The number of rotatable bonds is 0. The zero-order valence-electron chi connectivity index (χ0n) is 5.26. The van der Waals surface area contributed by atoms with Gasteiger partial charge in [0.25, 0.3) is 0 Å². The quantitative estimate of drug-likeness (QED) is 0.603. The molecule has 1 aliphatic heterocycles. The zero-order chi connectivity index (χ0) is 6.97. The molecule has 0 aliphatic carbocycles. The van der Waals surface area contributed by atoms with Crippen molar-refractivity contribution in [2.45, 2.75) is 11.5 Å². The highest BCUT2D eigenvalue weighted by molar-refractivity contribution is 7.98. The SMILES string of the molecule is S=c1nc[nH]c2c1CSC2. The fourth-order valence-corrected chi connectivity index (χ4v) is 2.41. The van der Waals surface area contributed by atoms with Gasteiger partial charge < -0.3 is 4.98 Å². The van der Waals surface area contributed by atoms with Crippen LogP contribution in [0, 0.1) is 4.64 Å². The second kappa shape index (κ2) is 2.36. The minimum absolute atomic E-state index is 0.763. The molecule has 0 aromatic carbocycles. The lowest BCUT2D eigenvalue weighted by molar-refractivity contribution is 1.05. The molecule has 0 unspecified atom stereocenters. The van der Waals surface area contributed by atoms with Gasteiger partial charge in [-0.05, 0) is 0 Å². The summed E-state index contributed by atoms with van der Waals surface area (Å²) in [7, 11) is 0. The second-order valence-electron chi connectivity index (χ2n) is 2.16. The molecule has 2 rings (SSSR count). The average molecular weight is 170 g/mol. The maximum absolute atomic E-state index is 5.03. The fraction of sp³-hybridized carbons (Fsp3) is 0.333. The molecule has 0 amide bonds. The first-order valence-electron chi connectivity index (χ1n) is 3.01. The van der Waals surface area contributed by atoms with Crippen molar-refractivity contribution in [3.05, 3.63) is 22.2 Å². The van der Waals surface area contributed by atoms with E-state index in [1.165, 1.54) is 11.3 Å². The van der Waals surface area contributed by atoms with E-state index in [9.17, 15) is 0 Å². The van der Waals surface area contributed by atoms with E-state index in [1.54, 1.807) is 6.33 Å². The minimum Gasteiger partial charge on any atom is -0.349 e. The van der Waals surface area contributed by atoms with Crippen molar-refractivity contribution < 1.29 is 0 Å². The van der Waals surface area contributed by atoms with Crippen molar-refractivity contribution in [1.82, 2.24) is 9.97 Å². The first kappa shape index (κ1) is 6.37. The topological polar surface area (TPSA) is 28.7 Å². The predicted octanol–water partition coefficient (Wildman–Crippen LogP) is 1.89. The third kappa shape index (κ3) is 0.876. The highest BCUT2D eigenvalue weighted by Gasteiger charge is 2.12. The minimum atomic E-state index is 0.763. The molecule has 1 aromatic heterocycles. The molecule has 0 saturated carbocycles. The van der Waals surface area contributed by atoms with Crippen LogP contribution in [-0.2, 0) is 11.5 Å². The zero-order valence-corrected chi connectivity index (χ0v) is 6.89. The molecule has 2 nitrogen and oxygen atoms in total. The largest absolute Gasteiger partial charge is 0.349 e. The number of hydrogen-bond donors (Lipinski definition) is 1. The summed E-state index contributed by atoms with van der Waals surface area (Å²) >= 11 is 6.91. The van der Waals surface area contributed by atoms with Gasteiger partial charge in [0.15, 0.2) is 0 Å². The number of aromatic amines is 1. The number of nitrogens with zero attached hydrogens (tertiary/aromatic N) is 1. The molecule has 0 bridgehead atoms. The molecular formula is C6H6N2S2. The first-order valence-corrected chi connectivity index (χ1v) is 4.57. The third-order valence-electron chi connectivity index (χ3n) is 1.54. The van der Waals surface area contributed by atoms with Gasteiger partial charge in [-0.1, -0.05) is 12.2 Å². The van der Waals surface area contributed by atoms with Gasteiger partial charge in [-0.15, -0.1) is 0 Å². The predicted molar refractivity (Wildman–Crippen MR) is 44.4 cm³/mol. The van der Waals surface area contributed by atoms with Crippen LogP contribution in [0.3, 0.4) is 0 Å². The van der Waals surface area contributed by atoms with E-state index in [0.717, 1.165) is 16.1 Å². The van der Waals surface area contributed by atoms with E-state index in [-0.39, 0.29) is 0 Å². The summed E-state index contributed by atoms with van der Waals surface area (Å²) in [5.74, 6) is 2.08. The average Bonchev–Trinajstić information content (AvgIpc) is 2.36. The van der Waals surface area contributed by atoms with Gasteiger partial charge in [0, 0.05) is 22.8 Å². The van der Waals surface area contributed by atoms with Gasteiger partial charge in [-0.2, -0.15) is 11.8 Å². The number of aromatic nitrogens is 2. The van der Waals surface area contributed by atoms with Gasteiger partial charge in [-0.25, -0.2) is 4.98 Å². The van der Waals surface area contributed by atoms with E-state index in [2.05, 4.69) is 9.97 Å². The van der Waals surface area contributed by atoms with Crippen LogP contribution in [0.2, 0.25) is 0 Å². The van der Waals surface area contributed by atoms with Crippen LogP contribution >= 0.6 is 24.0 Å². The number of nitrogens with one attached hydrogen (secondary N) is 1. The first-order chi connectivity index (χ1) is 4.88. The Kier molecular flexibility index (Phi) is 1.50. The summed E-state index contributed by atoms with van der Waals surface area (Å²) in [5, 5.41) is 0. The van der Waals surface area contributed by atoms with Crippen LogP contribution in [0.5, 0.6) is 0 Å². The Morgan fingerprint density at radius 3 is 3.30 bits per heavy atom. The Bertz CT molecular complexity index is 305. The monoisotopic (exact) mass is 170 g/mol. The smallest absolute Gasteiger partial charge is 0.133 e. The van der Waals surface area contributed by atoms with Crippen LogP contribution in [0.25, 0.3) is 0 Å². The molecule has 1 aliphatic rings. The van der Waals surface area contributed by atoms with Crippen molar-refractivity contribution in [2.24, 2.45) is 0 Å². The van der Waals surface area contributed by atoms with Crippen molar-refractivity contribution >= 4 is 24.0 Å². The Morgan fingerprint density at radius 2 is 2.50 bits per heavy atom. The molecular weight excluding hydrogens is 164 g/mol. The summed E-state index contributed by atoms with van der Waals surface area (Å²) in [6.45, 7) is 0. The summed E-state index contributed by atoms with van der Waals surface area (Å²) < 4.78 is 0.763. The molecule has 1 N–H and O–H groups in total. The molecule has 52 valence electrons. The maximum atomic E-state index is 5.03. The van der Waals surface area contributed by atoms with Crippen LogP contribution in [0.1, 0.15) is 11.3 Å². The van der Waals surface area contributed by atoms with Crippen LogP contribution < -0.4 is 0 Å². The molecule has 10 heavy (non-hydrogen) atoms. The summed E-state index contributed by atoms with van der Waals surface area (Å²) in [6, 6.07) is 0. The van der Waals surface area contributed by atoms with E-state index in [0.29, 0.717) is 0 Å². The van der Waals surface area contributed by atoms with Crippen LogP contribution in [-0.4, -0.2) is 9.97 Å². The lowest BCUT2D eigenvalue weighted by atomic mass is 10.3. The summed E-state index contributed by atoms with van der Waals surface area (Å²) in [6.07, 6.45) is 1.67. The van der Waals surface area contributed by atoms with Gasteiger partial charge in [-0.3, -0.25) is 0 Å². The molecule has 1 aromatic rings. The third-order valence-corrected chi connectivity index (χ3v) is 2.87. The Balaban J connectivity index is 2.70. The molecule has 2 heterocycles. The standard InChI is InChI=1S/C6H6N2S2/c9-6-4-1-10-2-5(4)7-3-8-6/h3H,1-2H2,(H,7,8,9). The van der Waals surface area contributed by atoms with Gasteiger partial charge in [0.1, 0.15) is 4.64 Å². The second-order valence-corrected chi connectivity index (χ2v) is 3.53. The molecule has 0 atom stereocenters. The van der Waals surface area contributed by atoms with Crippen LogP contribution in [0.15, 0.2) is 6.33 Å². The lowest BCUT2D eigenvalue weighted by Gasteiger charge is -1.93. The van der Waals surface area contributed by atoms with Gasteiger partial charge in [0.2, 0.25) is 0 Å². The van der Waals surface area contributed by atoms with E-state index in [4.69, 9.17) is 12.2 Å².